The highest BCUT2D eigenvalue weighted by atomic mass is 32.1. The molecular weight excluding hydrogens is 384 g/mol. The van der Waals surface area contributed by atoms with Crippen LogP contribution in [0.4, 0.5) is 5.13 Å². The molecule has 0 fully saturated rings. The van der Waals surface area contributed by atoms with Crippen LogP contribution >= 0.6 is 11.3 Å². The van der Waals surface area contributed by atoms with E-state index >= 15 is 0 Å². The fourth-order valence-electron chi connectivity index (χ4n) is 3.21. The van der Waals surface area contributed by atoms with E-state index in [0.29, 0.717) is 18.1 Å². The van der Waals surface area contributed by atoms with Gasteiger partial charge in [-0.15, -0.1) is 0 Å². The highest BCUT2D eigenvalue weighted by Gasteiger charge is 2.22. The minimum atomic E-state index is -0.0129. The molecule has 4 rings (SSSR count). The number of anilines is 1. The van der Waals surface area contributed by atoms with Gasteiger partial charge in [0.2, 0.25) is 5.91 Å². The summed E-state index contributed by atoms with van der Waals surface area (Å²) in [6.07, 6.45) is 1.93. The zero-order valence-corrected chi connectivity index (χ0v) is 17.5. The van der Waals surface area contributed by atoms with Crippen molar-refractivity contribution in [2.45, 2.75) is 26.8 Å². The van der Waals surface area contributed by atoms with Gasteiger partial charge in [0.1, 0.15) is 11.5 Å². The van der Waals surface area contributed by atoms with Crippen molar-refractivity contribution in [1.82, 2.24) is 4.98 Å². The molecule has 0 bridgehead atoms. The van der Waals surface area contributed by atoms with E-state index in [-0.39, 0.29) is 5.91 Å². The first-order valence-corrected chi connectivity index (χ1v) is 10.2. The first-order valence-electron chi connectivity index (χ1n) is 9.37. The molecular formula is C23H22N2O3S. The van der Waals surface area contributed by atoms with E-state index < -0.39 is 0 Å². The lowest BCUT2D eigenvalue weighted by molar-refractivity contribution is -0.118. The molecule has 6 heteroatoms. The maximum absolute atomic E-state index is 13.3. The average molecular weight is 407 g/mol. The number of methoxy groups -OCH3 is 1. The smallest absolute Gasteiger partial charge is 0.233 e. The van der Waals surface area contributed by atoms with Crippen molar-refractivity contribution in [1.29, 1.82) is 0 Å². The Hall–Kier alpha value is -3.12. The normalized spacial score (nSPS) is 11.0. The molecule has 0 spiro atoms. The predicted octanol–water partition coefficient (Wildman–Crippen LogP) is 5.29. The predicted molar refractivity (Wildman–Crippen MR) is 116 cm³/mol. The maximum atomic E-state index is 13.3. The van der Waals surface area contributed by atoms with Crippen molar-refractivity contribution in [2.75, 3.05) is 12.0 Å². The van der Waals surface area contributed by atoms with E-state index in [4.69, 9.17) is 14.1 Å². The molecule has 0 atom stereocenters. The van der Waals surface area contributed by atoms with Crippen LogP contribution in [0.15, 0.2) is 59.2 Å². The van der Waals surface area contributed by atoms with Gasteiger partial charge in [-0.05, 0) is 49.2 Å². The van der Waals surface area contributed by atoms with Crippen molar-refractivity contribution in [3.05, 3.63) is 77.2 Å². The van der Waals surface area contributed by atoms with Crippen LogP contribution in [-0.2, 0) is 17.8 Å². The first-order chi connectivity index (χ1) is 14.0. The molecule has 2 aromatic heterocycles. The maximum Gasteiger partial charge on any atom is 0.233 e. The van der Waals surface area contributed by atoms with Gasteiger partial charge in [-0.25, -0.2) is 4.98 Å². The molecule has 0 aliphatic rings. The second-order valence-electron chi connectivity index (χ2n) is 7.00. The zero-order chi connectivity index (χ0) is 20.4. The lowest BCUT2D eigenvalue weighted by atomic mass is 10.0. The summed E-state index contributed by atoms with van der Waals surface area (Å²) >= 11 is 1.49. The molecule has 1 amide bonds. The van der Waals surface area contributed by atoms with E-state index in [1.165, 1.54) is 11.3 Å². The van der Waals surface area contributed by atoms with Crippen LogP contribution in [0.3, 0.4) is 0 Å². The third-order valence-electron chi connectivity index (χ3n) is 4.86. The van der Waals surface area contributed by atoms with Crippen molar-refractivity contribution < 1.29 is 13.9 Å². The second kappa shape index (κ2) is 8.09. The number of aromatic nitrogens is 1. The first kappa shape index (κ1) is 19.2. The van der Waals surface area contributed by atoms with Gasteiger partial charge in [0.25, 0.3) is 0 Å². The number of rotatable bonds is 6. The Labute approximate surface area is 173 Å². The zero-order valence-electron chi connectivity index (χ0n) is 16.6. The van der Waals surface area contributed by atoms with E-state index in [0.717, 1.165) is 38.4 Å². The monoisotopic (exact) mass is 406 g/mol. The average Bonchev–Trinajstić information content (AvgIpc) is 3.37. The number of fused-ring (bicyclic) bond motifs is 1. The van der Waals surface area contributed by atoms with Gasteiger partial charge in [0, 0.05) is 6.07 Å². The lowest BCUT2D eigenvalue weighted by Crippen LogP contribution is -2.31. The fourth-order valence-corrected chi connectivity index (χ4v) is 4.17. The van der Waals surface area contributed by atoms with Gasteiger partial charge in [0.05, 0.1) is 36.6 Å². The Morgan fingerprint density at radius 1 is 1.17 bits per heavy atom. The molecule has 0 N–H and O–H groups in total. The number of benzene rings is 2. The van der Waals surface area contributed by atoms with Crippen LogP contribution < -0.4 is 9.64 Å². The quantitative estimate of drug-likeness (QED) is 0.436. The summed E-state index contributed by atoms with van der Waals surface area (Å²) in [7, 11) is 1.63. The Morgan fingerprint density at radius 3 is 2.79 bits per heavy atom. The van der Waals surface area contributed by atoms with Gasteiger partial charge in [-0.3, -0.25) is 9.69 Å². The summed E-state index contributed by atoms with van der Waals surface area (Å²) < 4.78 is 11.8. The largest absolute Gasteiger partial charge is 0.497 e. The molecule has 148 valence electrons. The topological polar surface area (TPSA) is 55.6 Å². The third kappa shape index (κ3) is 4.17. The van der Waals surface area contributed by atoms with Crippen molar-refractivity contribution in [3.63, 3.8) is 0 Å². The number of hydrogen-bond acceptors (Lipinski definition) is 5. The summed E-state index contributed by atoms with van der Waals surface area (Å²) in [5.74, 6) is 1.45. The van der Waals surface area contributed by atoms with Gasteiger partial charge < -0.3 is 9.15 Å². The highest BCUT2D eigenvalue weighted by Crippen LogP contribution is 2.32. The Bertz CT molecular complexity index is 1150. The van der Waals surface area contributed by atoms with Crippen molar-refractivity contribution >= 4 is 32.6 Å². The number of furan rings is 1. The summed E-state index contributed by atoms with van der Waals surface area (Å²) in [4.78, 5) is 19.7. The fraction of sp³-hybridized carbons (Fsp3) is 0.217. The minimum Gasteiger partial charge on any atom is -0.497 e. The summed E-state index contributed by atoms with van der Waals surface area (Å²) in [5, 5.41) is 0.653. The van der Waals surface area contributed by atoms with Crippen molar-refractivity contribution in [2.24, 2.45) is 0 Å². The van der Waals surface area contributed by atoms with Crippen LogP contribution in [0, 0.1) is 13.8 Å². The summed E-state index contributed by atoms with van der Waals surface area (Å²) in [6.45, 7) is 4.41. The molecule has 4 aromatic rings. The minimum absolute atomic E-state index is 0.0129. The summed E-state index contributed by atoms with van der Waals surface area (Å²) in [5.41, 5.74) is 4.09. The molecule has 0 aliphatic heterocycles. The molecule has 5 nitrogen and oxygen atoms in total. The van der Waals surface area contributed by atoms with Gasteiger partial charge in [-0.2, -0.15) is 0 Å². The molecule has 2 heterocycles. The highest BCUT2D eigenvalue weighted by molar-refractivity contribution is 7.22. The molecule has 29 heavy (non-hydrogen) atoms. The molecule has 2 aromatic carbocycles. The number of carbonyl (C=O) groups is 1. The lowest BCUT2D eigenvalue weighted by Gasteiger charge is -2.19. The van der Waals surface area contributed by atoms with Crippen molar-refractivity contribution in [3.8, 4) is 5.75 Å². The molecule has 0 saturated heterocycles. The third-order valence-corrected chi connectivity index (χ3v) is 5.92. The number of nitrogens with zero attached hydrogens (tertiary/aromatic N) is 2. The summed E-state index contributed by atoms with van der Waals surface area (Å²) in [6, 6.07) is 15.6. The molecule has 0 saturated carbocycles. The van der Waals surface area contributed by atoms with Crippen LogP contribution in [0.1, 0.15) is 22.5 Å². The van der Waals surface area contributed by atoms with Crippen LogP contribution in [0.25, 0.3) is 10.2 Å². The van der Waals surface area contributed by atoms with Gasteiger partial charge in [-0.1, -0.05) is 35.1 Å². The standard InChI is InChI=1S/C23H22N2O3S/c1-15-6-7-16(2)17(11-15)12-22(26)25(14-19-5-4-10-28-19)23-24-20-13-18(27-3)8-9-21(20)29-23/h4-11,13H,12,14H2,1-3H3. The van der Waals surface area contributed by atoms with E-state index in [9.17, 15) is 4.79 Å². The van der Waals surface area contributed by atoms with E-state index in [1.54, 1.807) is 18.3 Å². The van der Waals surface area contributed by atoms with E-state index in [1.807, 2.05) is 44.2 Å². The molecule has 0 unspecified atom stereocenters. The number of amides is 1. The number of hydrogen-bond donors (Lipinski definition) is 0. The van der Waals surface area contributed by atoms with Crippen LogP contribution in [0.2, 0.25) is 0 Å². The van der Waals surface area contributed by atoms with Crippen LogP contribution in [-0.4, -0.2) is 18.0 Å². The number of aryl methyl sites for hydroxylation is 2. The Balaban J connectivity index is 1.69. The van der Waals surface area contributed by atoms with Crippen LogP contribution in [0.5, 0.6) is 5.75 Å². The van der Waals surface area contributed by atoms with Gasteiger partial charge in [0.15, 0.2) is 5.13 Å². The second-order valence-corrected chi connectivity index (χ2v) is 8.01. The Kier molecular flexibility index (Phi) is 5.36. The number of carbonyl (C=O) groups excluding carboxylic acids is 1. The Morgan fingerprint density at radius 2 is 2.03 bits per heavy atom. The molecule has 0 radical (unpaired) electrons. The number of thiazole rings is 1. The SMILES string of the molecule is COc1ccc2sc(N(Cc3ccco3)C(=O)Cc3cc(C)ccc3C)nc2c1. The van der Waals surface area contributed by atoms with Gasteiger partial charge >= 0.3 is 0 Å². The van der Waals surface area contributed by atoms with E-state index in [2.05, 4.69) is 18.2 Å². The molecule has 0 aliphatic carbocycles. The number of ether oxygens (including phenoxy) is 1.